The van der Waals surface area contributed by atoms with Gasteiger partial charge in [-0.05, 0) is 11.6 Å². The van der Waals surface area contributed by atoms with Gasteiger partial charge in [0, 0.05) is 37.1 Å². The highest BCUT2D eigenvalue weighted by Crippen LogP contribution is 2.20. The minimum atomic E-state index is -3.42. The van der Waals surface area contributed by atoms with Crippen LogP contribution in [0.1, 0.15) is 19.4 Å². The molecule has 0 aromatic heterocycles. The van der Waals surface area contributed by atoms with E-state index in [0.717, 1.165) is 0 Å². The molecule has 0 aliphatic carbocycles. The molecular weight excluding hydrogens is 324 g/mol. The molecule has 1 saturated heterocycles. The first kappa shape index (κ1) is 17.2. The van der Waals surface area contributed by atoms with Gasteiger partial charge in [0.2, 0.25) is 15.9 Å². The summed E-state index contributed by atoms with van der Waals surface area (Å²) in [4.78, 5) is 13.7. The molecule has 0 N–H and O–H groups in total. The molecule has 0 atom stereocenters. The largest absolute Gasteiger partial charge is 0.340 e. The van der Waals surface area contributed by atoms with Gasteiger partial charge in [0.1, 0.15) is 0 Å². The molecule has 0 unspecified atom stereocenters. The van der Waals surface area contributed by atoms with Crippen molar-refractivity contribution >= 4 is 27.5 Å². The van der Waals surface area contributed by atoms with Crippen LogP contribution in [0.2, 0.25) is 5.02 Å². The molecule has 22 heavy (non-hydrogen) atoms. The van der Waals surface area contributed by atoms with E-state index in [1.807, 2.05) is 13.8 Å². The summed E-state index contributed by atoms with van der Waals surface area (Å²) >= 11 is 6.03. The van der Waals surface area contributed by atoms with Crippen LogP contribution in [0.5, 0.6) is 0 Å². The summed E-state index contributed by atoms with van der Waals surface area (Å²) in [5.74, 6) is -0.0976. The van der Waals surface area contributed by atoms with Gasteiger partial charge in [0.25, 0.3) is 0 Å². The maximum absolute atomic E-state index is 12.5. The highest BCUT2D eigenvalue weighted by Gasteiger charge is 2.29. The van der Waals surface area contributed by atoms with Gasteiger partial charge in [-0.2, -0.15) is 4.31 Å². The number of carbonyl (C=O) groups excluding carboxylic acids is 1. The van der Waals surface area contributed by atoms with Crippen LogP contribution in [0.4, 0.5) is 0 Å². The van der Waals surface area contributed by atoms with E-state index in [9.17, 15) is 13.2 Å². The zero-order valence-electron chi connectivity index (χ0n) is 12.8. The van der Waals surface area contributed by atoms with Crippen LogP contribution >= 0.6 is 11.6 Å². The molecule has 1 heterocycles. The summed E-state index contributed by atoms with van der Waals surface area (Å²) < 4.78 is 26.4. The fourth-order valence-electron chi connectivity index (χ4n) is 2.46. The predicted molar refractivity (Wildman–Crippen MR) is 87.1 cm³/mol. The van der Waals surface area contributed by atoms with Gasteiger partial charge < -0.3 is 4.90 Å². The quantitative estimate of drug-likeness (QED) is 0.839. The van der Waals surface area contributed by atoms with Crippen molar-refractivity contribution in [1.82, 2.24) is 9.21 Å². The molecule has 0 radical (unpaired) electrons. The SMILES string of the molecule is CC(C)C(=O)N1CCN(S(=O)(=O)Cc2ccccc2Cl)CC1. The fraction of sp³-hybridized carbons (Fsp3) is 0.533. The molecule has 7 heteroatoms. The van der Waals surface area contributed by atoms with Crippen molar-refractivity contribution in [2.24, 2.45) is 5.92 Å². The fourth-order valence-corrected chi connectivity index (χ4v) is 4.28. The van der Waals surface area contributed by atoms with Crippen LogP contribution in [0.3, 0.4) is 0 Å². The summed E-state index contributed by atoms with van der Waals surface area (Å²) in [7, 11) is -3.42. The van der Waals surface area contributed by atoms with E-state index in [2.05, 4.69) is 0 Å². The molecule has 0 spiro atoms. The Kier molecular flexibility index (Phi) is 5.47. The summed E-state index contributed by atoms with van der Waals surface area (Å²) in [6, 6.07) is 6.95. The first-order chi connectivity index (χ1) is 10.3. The number of halogens is 1. The van der Waals surface area contributed by atoms with E-state index in [-0.39, 0.29) is 17.6 Å². The third-order valence-corrected chi connectivity index (χ3v) is 5.93. The predicted octanol–water partition coefficient (Wildman–Crippen LogP) is 1.97. The number of nitrogens with zero attached hydrogens (tertiary/aromatic N) is 2. The second-order valence-corrected chi connectivity index (χ2v) is 8.10. The maximum atomic E-state index is 12.5. The monoisotopic (exact) mass is 344 g/mol. The van der Waals surface area contributed by atoms with Crippen molar-refractivity contribution in [1.29, 1.82) is 0 Å². The van der Waals surface area contributed by atoms with Gasteiger partial charge in [-0.25, -0.2) is 8.42 Å². The lowest BCUT2D eigenvalue weighted by atomic mass is 10.2. The smallest absolute Gasteiger partial charge is 0.225 e. The van der Waals surface area contributed by atoms with Crippen molar-refractivity contribution in [2.75, 3.05) is 26.2 Å². The molecule has 0 saturated carbocycles. The lowest BCUT2D eigenvalue weighted by Crippen LogP contribution is -2.51. The Labute approximate surface area is 136 Å². The van der Waals surface area contributed by atoms with Crippen molar-refractivity contribution in [3.05, 3.63) is 34.9 Å². The number of hydrogen-bond acceptors (Lipinski definition) is 3. The summed E-state index contributed by atoms with van der Waals surface area (Å²) in [6.07, 6.45) is 0. The molecule has 0 bridgehead atoms. The minimum Gasteiger partial charge on any atom is -0.340 e. The highest BCUT2D eigenvalue weighted by molar-refractivity contribution is 7.88. The Morgan fingerprint density at radius 3 is 2.32 bits per heavy atom. The number of carbonyl (C=O) groups is 1. The lowest BCUT2D eigenvalue weighted by Gasteiger charge is -2.35. The topological polar surface area (TPSA) is 57.7 Å². The molecule has 1 aliphatic rings. The summed E-state index contributed by atoms with van der Waals surface area (Å²) in [5.41, 5.74) is 0.602. The van der Waals surface area contributed by atoms with Gasteiger partial charge in [0.05, 0.1) is 5.75 Å². The Hall–Kier alpha value is -1.11. The van der Waals surface area contributed by atoms with Crippen LogP contribution in [-0.2, 0) is 20.6 Å². The van der Waals surface area contributed by atoms with Crippen LogP contribution < -0.4 is 0 Å². The number of amides is 1. The molecular formula is C15H21ClN2O3S. The van der Waals surface area contributed by atoms with Gasteiger partial charge in [-0.1, -0.05) is 43.6 Å². The Morgan fingerprint density at radius 2 is 1.77 bits per heavy atom. The first-order valence-electron chi connectivity index (χ1n) is 7.31. The van der Waals surface area contributed by atoms with Crippen molar-refractivity contribution in [3.63, 3.8) is 0 Å². The van der Waals surface area contributed by atoms with Crippen molar-refractivity contribution in [2.45, 2.75) is 19.6 Å². The zero-order valence-corrected chi connectivity index (χ0v) is 14.4. The number of benzene rings is 1. The molecule has 122 valence electrons. The molecule has 1 aliphatic heterocycles. The maximum Gasteiger partial charge on any atom is 0.225 e. The normalized spacial score (nSPS) is 17.0. The standard InChI is InChI=1S/C15H21ClN2O3S/c1-12(2)15(19)17-7-9-18(10-8-17)22(20,21)11-13-5-3-4-6-14(13)16/h3-6,12H,7-11H2,1-2H3. The third kappa shape index (κ3) is 4.00. The van der Waals surface area contributed by atoms with Crippen molar-refractivity contribution in [3.8, 4) is 0 Å². The molecule has 1 aromatic rings. The van der Waals surface area contributed by atoms with Gasteiger partial charge in [-0.15, -0.1) is 0 Å². The number of sulfonamides is 1. The number of hydrogen-bond donors (Lipinski definition) is 0. The Morgan fingerprint density at radius 1 is 1.18 bits per heavy atom. The van der Waals surface area contributed by atoms with Crippen LogP contribution in [0.25, 0.3) is 0 Å². The summed E-state index contributed by atoms with van der Waals surface area (Å²) in [5, 5.41) is 0.458. The average molecular weight is 345 g/mol. The van der Waals surface area contributed by atoms with Crippen LogP contribution in [-0.4, -0.2) is 49.7 Å². The van der Waals surface area contributed by atoms with E-state index in [1.165, 1.54) is 4.31 Å². The van der Waals surface area contributed by atoms with E-state index >= 15 is 0 Å². The average Bonchev–Trinajstić information content (AvgIpc) is 2.49. The van der Waals surface area contributed by atoms with Gasteiger partial charge >= 0.3 is 0 Å². The molecule has 5 nitrogen and oxygen atoms in total. The molecule has 1 aromatic carbocycles. The Bertz CT molecular complexity index is 638. The second-order valence-electron chi connectivity index (χ2n) is 5.73. The van der Waals surface area contributed by atoms with E-state index in [0.29, 0.717) is 36.8 Å². The second kappa shape index (κ2) is 6.98. The van der Waals surface area contributed by atoms with Crippen LogP contribution in [0, 0.1) is 5.92 Å². The summed E-state index contributed by atoms with van der Waals surface area (Å²) in [6.45, 7) is 5.26. The highest BCUT2D eigenvalue weighted by atomic mass is 35.5. The Balaban J connectivity index is 2.01. The van der Waals surface area contributed by atoms with Crippen LogP contribution in [0.15, 0.2) is 24.3 Å². The zero-order chi connectivity index (χ0) is 16.3. The first-order valence-corrected chi connectivity index (χ1v) is 9.30. The molecule has 1 fully saturated rings. The molecule has 2 rings (SSSR count). The van der Waals surface area contributed by atoms with Gasteiger partial charge in [-0.3, -0.25) is 4.79 Å². The van der Waals surface area contributed by atoms with Crippen molar-refractivity contribution < 1.29 is 13.2 Å². The minimum absolute atomic E-state index is 0.0636. The third-order valence-electron chi connectivity index (χ3n) is 3.73. The van der Waals surface area contributed by atoms with E-state index in [4.69, 9.17) is 11.6 Å². The molecule has 1 amide bonds. The number of rotatable bonds is 4. The lowest BCUT2D eigenvalue weighted by molar-refractivity contribution is -0.135. The van der Waals surface area contributed by atoms with E-state index in [1.54, 1.807) is 29.2 Å². The van der Waals surface area contributed by atoms with Gasteiger partial charge in [0.15, 0.2) is 0 Å². The van der Waals surface area contributed by atoms with E-state index < -0.39 is 10.0 Å². The number of piperazine rings is 1.